The van der Waals surface area contributed by atoms with Crippen molar-refractivity contribution in [2.24, 2.45) is 10.2 Å². The number of aromatic amines is 1. The van der Waals surface area contributed by atoms with Gasteiger partial charge in [-0.25, -0.2) is 4.52 Å². The topological polar surface area (TPSA) is 118 Å². The highest BCUT2D eigenvalue weighted by Gasteiger charge is 2.22. The summed E-state index contributed by atoms with van der Waals surface area (Å²) in [6.45, 7) is 3.28. The van der Waals surface area contributed by atoms with Gasteiger partial charge in [-0.1, -0.05) is 41.4 Å². The SMILES string of the molecule is CC(=O)c1c(-c2ccc(C)cc2)n2nc(N)c(N=Nc3ccc(Cl)cc3)c2[nH]c1=O. The molecule has 0 atom stereocenters. The van der Waals surface area contributed by atoms with Gasteiger partial charge in [0.25, 0.3) is 5.56 Å². The van der Waals surface area contributed by atoms with E-state index in [1.165, 1.54) is 11.4 Å². The molecule has 0 aliphatic carbocycles. The second-order valence-corrected chi connectivity index (χ2v) is 7.21. The van der Waals surface area contributed by atoms with Crippen molar-refractivity contribution in [3.05, 3.63) is 75.0 Å². The molecule has 0 unspecified atom stereocenters. The summed E-state index contributed by atoms with van der Waals surface area (Å²) < 4.78 is 1.42. The number of H-pyrrole nitrogens is 1. The van der Waals surface area contributed by atoms with Gasteiger partial charge < -0.3 is 10.7 Å². The minimum Gasteiger partial charge on any atom is -0.380 e. The van der Waals surface area contributed by atoms with Crippen LogP contribution in [-0.4, -0.2) is 20.4 Å². The number of carbonyl (C=O) groups excluding carboxylic acids is 1. The summed E-state index contributed by atoms with van der Waals surface area (Å²) in [4.78, 5) is 27.7. The molecule has 4 rings (SSSR count). The van der Waals surface area contributed by atoms with Crippen molar-refractivity contribution in [3.8, 4) is 11.3 Å². The number of nitrogens with zero attached hydrogens (tertiary/aromatic N) is 4. The molecule has 30 heavy (non-hydrogen) atoms. The molecule has 0 spiro atoms. The number of hydrogen-bond donors (Lipinski definition) is 2. The average Bonchev–Trinajstić information content (AvgIpc) is 3.02. The number of anilines is 1. The number of aromatic nitrogens is 3. The van der Waals surface area contributed by atoms with Crippen molar-refractivity contribution >= 4 is 40.2 Å². The van der Waals surface area contributed by atoms with Crippen molar-refractivity contribution in [2.45, 2.75) is 13.8 Å². The number of ketones is 1. The van der Waals surface area contributed by atoms with E-state index in [1.54, 1.807) is 24.3 Å². The summed E-state index contributed by atoms with van der Waals surface area (Å²) >= 11 is 5.88. The van der Waals surface area contributed by atoms with E-state index in [9.17, 15) is 9.59 Å². The third-order valence-electron chi connectivity index (χ3n) is 4.56. The zero-order chi connectivity index (χ0) is 21.4. The number of benzene rings is 2. The number of fused-ring (bicyclic) bond motifs is 1. The molecule has 0 aliphatic heterocycles. The molecule has 8 nitrogen and oxygen atoms in total. The summed E-state index contributed by atoms with van der Waals surface area (Å²) in [5.41, 5.74) is 8.57. The molecule has 2 aromatic carbocycles. The fourth-order valence-corrected chi connectivity index (χ4v) is 3.23. The van der Waals surface area contributed by atoms with Crippen LogP contribution in [0.25, 0.3) is 16.9 Å². The number of rotatable bonds is 4. The second kappa shape index (κ2) is 7.57. The van der Waals surface area contributed by atoms with E-state index >= 15 is 0 Å². The normalized spacial score (nSPS) is 11.4. The summed E-state index contributed by atoms with van der Waals surface area (Å²) in [6.07, 6.45) is 0. The van der Waals surface area contributed by atoms with Gasteiger partial charge in [0.15, 0.2) is 22.9 Å². The maximum absolute atomic E-state index is 12.8. The van der Waals surface area contributed by atoms with Crippen molar-refractivity contribution in [1.82, 2.24) is 14.6 Å². The Morgan fingerprint density at radius 1 is 1.10 bits per heavy atom. The summed E-state index contributed by atoms with van der Waals surface area (Å²) in [6, 6.07) is 14.2. The van der Waals surface area contributed by atoms with E-state index in [2.05, 4.69) is 20.3 Å². The van der Waals surface area contributed by atoms with Crippen molar-refractivity contribution in [3.63, 3.8) is 0 Å². The number of hydrogen-bond acceptors (Lipinski definition) is 6. The fourth-order valence-electron chi connectivity index (χ4n) is 3.10. The van der Waals surface area contributed by atoms with E-state index < -0.39 is 5.56 Å². The van der Waals surface area contributed by atoms with Gasteiger partial charge in [-0.15, -0.1) is 10.2 Å². The zero-order valence-corrected chi connectivity index (χ0v) is 16.9. The lowest BCUT2D eigenvalue weighted by molar-refractivity contribution is 0.101. The van der Waals surface area contributed by atoms with Crippen LogP contribution in [0.5, 0.6) is 0 Å². The van der Waals surface area contributed by atoms with Crippen LogP contribution in [0.1, 0.15) is 22.8 Å². The predicted molar refractivity (Wildman–Crippen MR) is 116 cm³/mol. The number of carbonyl (C=O) groups is 1. The van der Waals surface area contributed by atoms with Gasteiger partial charge in [-0.2, -0.15) is 5.11 Å². The van der Waals surface area contributed by atoms with Crippen molar-refractivity contribution in [1.29, 1.82) is 0 Å². The Morgan fingerprint density at radius 2 is 1.77 bits per heavy atom. The van der Waals surface area contributed by atoms with Gasteiger partial charge in [0.1, 0.15) is 5.56 Å². The molecule has 0 radical (unpaired) electrons. The Morgan fingerprint density at radius 3 is 2.40 bits per heavy atom. The molecular weight excluding hydrogens is 404 g/mol. The Kier molecular flexibility index (Phi) is 4.93. The highest BCUT2D eigenvalue weighted by molar-refractivity contribution is 6.30. The molecule has 0 fully saturated rings. The van der Waals surface area contributed by atoms with Crippen LogP contribution in [0.15, 0.2) is 63.6 Å². The number of nitrogen functional groups attached to an aromatic ring is 1. The van der Waals surface area contributed by atoms with Crippen molar-refractivity contribution < 1.29 is 4.79 Å². The second-order valence-electron chi connectivity index (χ2n) is 6.77. The number of halogens is 1. The maximum atomic E-state index is 12.8. The number of nitrogens with one attached hydrogen (secondary N) is 1. The van der Waals surface area contributed by atoms with Gasteiger partial charge in [0, 0.05) is 10.6 Å². The van der Waals surface area contributed by atoms with E-state index in [1.807, 2.05) is 31.2 Å². The predicted octanol–water partition coefficient (Wildman–Crippen LogP) is 4.85. The first-order valence-corrected chi connectivity index (χ1v) is 9.42. The number of aryl methyl sites for hydroxylation is 1. The summed E-state index contributed by atoms with van der Waals surface area (Å²) in [5, 5.41) is 13.2. The Labute approximate surface area is 176 Å². The molecular formula is C21H17ClN6O2. The van der Waals surface area contributed by atoms with E-state index in [0.717, 1.165) is 5.56 Å². The van der Waals surface area contributed by atoms with Crippen LogP contribution in [-0.2, 0) is 0 Å². The number of Topliss-reactive ketones (excluding diaryl/α,β-unsaturated/α-hetero) is 1. The third-order valence-corrected chi connectivity index (χ3v) is 4.82. The molecule has 9 heteroatoms. The molecule has 0 saturated heterocycles. The Bertz CT molecular complexity index is 1350. The van der Waals surface area contributed by atoms with Gasteiger partial charge in [-0.3, -0.25) is 9.59 Å². The third kappa shape index (κ3) is 3.48. The first-order valence-electron chi connectivity index (χ1n) is 9.05. The first kappa shape index (κ1) is 19.5. The number of nitrogens with two attached hydrogens (primary N) is 1. The van der Waals surface area contributed by atoms with Crippen LogP contribution in [0.3, 0.4) is 0 Å². The molecule has 150 valence electrons. The van der Waals surface area contributed by atoms with E-state index in [4.69, 9.17) is 17.3 Å². The zero-order valence-electron chi connectivity index (χ0n) is 16.2. The smallest absolute Gasteiger partial charge is 0.262 e. The highest BCUT2D eigenvalue weighted by atomic mass is 35.5. The lowest BCUT2D eigenvalue weighted by atomic mass is 10.0. The first-order chi connectivity index (χ1) is 14.3. The van der Waals surface area contributed by atoms with Crippen LogP contribution in [0.4, 0.5) is 17.2 Å². The molecule has 2 aromatic heterocycles. The lowest BCUT2D eigenvalue weighted by Crippen LogP contribution is -2.21. The molecule has 0 saturated carbocycles. The van der Waals surface area contributed by atoms with E-state index in [-0.39, 0.29) is 28.5 Å². The highest BCUT2D eigenvalue weighted by Crippen LogP contribution is 2.32. The lowest BCUT2D eigenvalue weighted by Gasteiger charge is -2.09. The minimum absolute atomic E-state index is 0.00459. The molecule has 0 aliphatic rings. The van der Waals surface area contributed by atoms with Gasteiger partial charge in [0.2, 0.25) is 0 Å². The Hall–Kier alpha value is -3.78. The monoisotopic (exact) mass is 420 g/mol. The standard InChI is InChI=1S/C21H17ClN6O2/c1-11-3-5-13(6-4-11)18-16(12(2)29)21(30)24-20-17(19(23)27-28(18)20)26-25-15-9-7-14(22)8-10-15/h3-10H,1-2H3,(H2,23,27)(H,24,30). The number of azo groups is 1. The van der Waals surface area contributed by atoms with Crippen LogP contribution < -0.4 is 11.3 Å². The quantitative estimate of drug-likeness (QED) is 0.362. The average molecular weight is 421 g/mol. The molecule has 3 N–H and O–H groups in total. The minimum atomic E-state index is -0.548. The van der Waals surface area contributed by atoms with Crippen molar-refractivity contribution in [2.75, 3.05) is 5.73 Å². The molecule has 4 aromatic rings. The largest absolute Gasteiger partial charge is 0.380 e. The fraction of sp³-hybridized carbons (Fsp3) is 0.0952. The summed E-state index contributed by atoms with van der Waals surface area (Å²) in [7, 11) is 0. The molecule has 0 amide bonds. The van der Waals surface area contributed by atoms with Gasteiger partial charge >= 0.3 is 0 Å². The summed E-state index contributed by atoms with van der Waals surface area (Å²) in [5.74, 6) is -0.315. The van der Waals surface area contributed by atoms with Gasteiger partial charge in [0.05, 0.1) is 11.4 Å². The van der Waals surface area contributed by atoms with Crippen LogP contribution >= 0.6 is 11.6 Å². The molecule has 0 bridgehead atoms. The Balaban J connectivity index is 1.96. The van der Waals surface area contributed by atoms with Crippen LogP contribution in [0, 0.1) is 6.92 Å². The maximum Gasteiger partial charge on any atom is 0.262 e. The van der Waals surface area contributed by atoms with E-state index in [0.29, 0.717) is 22.0 Å². The molecule has 2 heterocycles. The van der Waals surface area contributed by atoms with Gasteiger partial charge in [-0.05, 0) is 38.1 Å². The van der Waals surface area contributed by atoms with Crippen LogP contribution in [0.2, 0.25) is 5.02 Å².